The van der Waals surface area contributed by atoms with E-state index in [1.54, 1.807) is 6.92 Å². The fourth-order valence-electron chi connectivity index (χ4n) is 2.15. The molecule has 2 unspecified atom stereocenters. The molecule has 9 heteroatoms. The standard InChI is InChI=1S/C10H11BrClNO4S2/c1-5-6(10(14)15)2-3-13(5)19(16,17)8-4-7(12)9(11)18-8/h4-6H,2-3H2,1H3,(H,14,15). The highest BCUT2D eigenvalue weighted by Gasteiger charge is 2.42. The predicted octanol–water partition coefficient (Wildman–Crippen LogP) is 2.65. The normalized spacial score (nSPS) is 24.8. The average Bonchev–Trinajstić information content (AvgIpc) is 2.84. The quantitative estimate of drug-likeness (QED) is 0.864. The van der Waals surface area contributed by atoms with Crippen LogP contribution in [0.4, 0.5) is 0 Å². The zero-order valence-electron chi connectivity index (χ0n) is 9.84. The lowest BCUT2D eigenvalue weighted by Crippen LogP contribution is -2.37. The van der Waals surface area contributed by atoms with Crippen LogP contribution in [0.2, 0.25) is 5.02 Å². The van der Waals surface area contributed by atoms with Crippen LogP contribution in [0.25, 0.3) is 0 Å². The van der Waals surface area contributed by atoms with Crippen LogP contribution in [0.1, 0.15) is 13.3 Å². The topological polar surface area (TPSA) is 74.7 Å². The molecule has 2 heterocycles. The van der Waals surface area contributed by atoms with E-state index in [-0.39, 0.29) is 10.8 Å². The molecule has 0 aliphatic carbocycles. The largest absolute Gasteiger partial charge is 0.481 e. The number of hydrogen-bond donors (Lipinski definition) is 1. The Kier molecular flexibility index (Phi) is 4.27. The van der Waals surface area contributed by atoms with Crippen LogP contribution in [-0.4, -0.2) is 36.4 Å². The van der Waals surface area contributed by atoms with Crippen LogP contribution in [0.5, 0.6) is 0 Å². The summed E-state index contributed by atoms with van der Waals surface area (Å²) in [4.78, 5) is 11.0. The van der Waals surface area contributed by atoms with Crippen LogP contribution in [0.15, 0.2) is 14.1 Å². The summed E-state index contributed by atoms with van der Waals surface area (Å²) in [6.45, 7) is 1.83. The SMILES string of the molecule is CC1C(C(=O)O)CCN1S(=O)(=O)c1cc(Cl)c(Br)s1. The highest BCUT2D eigenvalue weighted by atomic mass is 79.9. The second-order valence-corrected chi connectivity index (χ2v) is 9.17. The molecule has 1 N–H and O–H groups in total. The molecule has 2 rings (SSSR count). The van der Waals surface area contributed by atoms with E-state index in [0.29, 0.717) is 15.2 Å². The van der Waals surface area contributed by atoms with Gasteiger partial charge in [0.2, 0.25) is 0 Å². The maximum absolute atomic E-state index is 12.4. The summed E-state index contributed by atoms with van der Waals surface area (Å²) < 4.78 is 26.8. The van der Waals surface area contributed by atoms with E-state index in [9.17, 15) is 13.2 Å². The Balaban J connectivity index is 2.34. The first kappa shape index (κ1) is 15.2. The molecule has 106 valence electrons. The molecular weight excluding hydrogens is 378 g/mol. The van der Waals surface area contributed by atoms with Crippen molar-refractivity contribution >= 4 is 54.9 Å². The van der Waals surface area contributed by atoms with Gasteiger partial charge in [0, 0.05) is 12.6 Å². The summed E-state index contributed by atoms with van der Waals surface area (Å²) in [5.41, 5.74) is 0. The summed E-state index contributed by atoms with van der Waals surface area (Å²) in [6, 6.07) is 0.828. The van der Waals surface area contributed by atoms with Crippen molar-refractivity contribution in [3.63, 3.8) is 0 Å². The number of halogens is 2. The predicted molar refractivity (Wildman–Crippen MR) is 76.1 cm³/mol. The fourth-order valence-corrected chi connectivity index (χ4v) is 6.36. The molecule has 1 aromatic rings. The second-order valence-electron chi connectivity index (χ2n) is 4.28. The minimum Gasteiger partial charge on any atom is -0.481 e. The summed E-state index contributed by atoms with van der Waals surface area (Å²) >= 11 is 10.0. The molecule has 0 amide bonds. The Morgan fingerprint density at radius 2 is 2.26 bits per heavy atom. The molecule has 1 aliphatic heterocycles. The first-order valence-electron chi connectivity index (χ1n) is 5.44. The van der Waals surface area contributed by atoms with Gasteiger partial charge in [0.1, 0.15) is 4.21 Å². The van der Waals surface area contributed by atoms with Crippen molar-refractivity contribution < 1.29 is 18.3 Å². The number of thiophene rings is 1. The van der Waals surface area contributed by atoms with Crippen LogP contribution in [0, 0.1) is 5.92 Å². The Morgan fingerprint density at radius 1 is 1.63 bits per heavy atom. The van der Waals surface area contributed by atoms with Crippen molar-refractivity contribution in [1.82, 2.24) is 4.31 Å². The molecule has 0 aromatic carbocycles. The average molecular weight is 389 g/mol. The maximum Gasteiger partial charge on any atom is 0.308 e. The van der Waals surface area contributed by atoms with Gasteiger partial charge in [-0.15, -0.1) is 11.3 Å². The van der Waals surface area contributed by atoms with Gasteiger partial charge >= 0.3 is 5.97 Å². The van der Waals surface area contributed by atoms with Gasteiger partial charge in [-0.25, -0.2) is 8.42 Å². The number of nitrogens with zero attached hydrogens (tertiary/aromatic N) is 1. The van der Waals surface area contributed by atoms with E-state index < -0.39 is 28.0 Å². The van der Waals surface area contributed by atoms with Crippen molar-refractivity contribution in [2.24, 2.45) is 5.92 Å². The smallest absolute Gasteiger partial charge is 0.308 e. The Hall–Kier alpha value is -0.150. The number of carbonyl (C=O) groups is 1. The number of rotatable bonds is 3. The van der Waals surface area contributed by atoms with E-state index in [2.05, 4.69) is 15.9 Å². The van der Waals surface area contributed by atoms with Crippen LogP contribution < -0.4 is 0 Å². The first-order chi connectivity index (χ1) is 8.75. The van der Waals surface area contributed by atoms with Gasteiger partial charge in [-0.05, 0) is 35.3 Å². The van der Waals surface area contributed by atoms with Crippen LogP contribution >= 0.6 is 38.9 Å². The third kappa shape index (κ3) is 2.69. The van der Waals surface area contributed by atoms with E-state index in [1.807, 2.05) is 0 Å². The zero-order chi connectivity index (χ0) is 14.4. The highest BCUT2D eigenvalue weighted by molar-refractivity contribution is 9.11. The minimum absolute atomic E-state index is 0.127. The van der Waals surface area contributed by atoms with Crippen molar-refractivity contribution in [2.75, 3.05) is 6.54 Å². The molecule has 1 aliphatic rings. The Labute approximate surface area is 128 Å². The lowest BCUT2D eigenvalue weighted by atomic mass is 10.0. The molecule has 0 bridgehead atoms. The van der Waals surface area contributed by atoms with E-state index in [4.69, 9.17) is 16.7 Å². The lowest BCUT2D eigenvalue weighted by molar-refractivity contribution is -0.142. The molecule has 19 heavy (non-hydrogen) atoms. The van der Waals surface area contributed by atoms with Gasteiger partial charge < -0.3 is 5.11 Å². The van der Waals surface area contributed by atoms with Gasteiger partial charge in [0.05, 0.1) is 14.7 Å². The van der Waals surface area contributed by atoms with Crippen molar-refractivity contribution in [1.29, 1.82) is 0 Å². The van der Waals surface area contributed by atoms with Crippen LogP contribution in [0.3, 0.4) is 0 Å². The van der Waals surface area contributed by atoms with Crippen molar-refractivity contribution in [3.8, 4) is 0 Å². The number of sulfonamides is 1. The van der Waals surface area contributed by atoms with Crippen molar-refractivity contribution in [3.05, 3.63) is 14.9 Å². The summed E-state index contributed by atoms with van der Waals surface area (Å²) in [5, 5.41) is 9.38. The van der Waals surface area contributed by atoms with Gasteiger partial charge in [-0.1, -0.05) is 11.6 Å². The fraction of sp³-hybridized carbons (Fsp3) is 0.500. The monoisotopic (exact) mass is 387 g/mol. The third-order valence-electron chi connectivity index (χ3n) is 3.20. The van der Waals surface area contributed by atoms with Crippen molar-refractivity contribution in [2.45, 2.75) is 23.6 Å². The van der Waals surface area contributed by atoms with E-state index in [0.717, 1.165) is 11.3 Å². The van der Waals surface area contributed by atoms with Gasteiger partial charge in [-0.2, -0.15) is 4.31 Å². The molecule has 1 aromatic heterocycles. The molecule has 1 saturated heterocycles. The molecular formula is C10H11BrClNO4S2. The van der Waals surface area contributed by atoms with Gasteiger partial charge in [0.25, 0.3) is 10.0 Å². The van der Waals surface area contributed by atoms with Gasteiger partial charge in [0.15, 0.2) is 0 Å². The summed E-state index contributed by atoms with van der Waals surface area (Å²) in [5.74, 6) is -1.62. The Bertz CT molecular complexity index is 596. The number of aliphatic carboxylic acids is 1. The van der Waals surface area contributed by atoms with Crippen LogP contribution in [-0.2, 0) is 14.8 Å². The number of hydrogen-bond acceptors (Lipinski definition) is 4. The first-order valence-corrected chi connectivity index (χ1v) is 8.87. The summed E-state index contributed by atoms with van der Waals surface area (Å²) in [7, 11) is -3.68. The zero-order valence-corrected chi connectivity index (χ0v) is 13.8. The second kappa shape index (κ2) is 5.33. The summed E-state index contributed by atoms with van der Waals surface area (Å²) in [6.07, 6.45) is 0.329. The highest BCUT2D eigenvalue weighted by Crippen LogP contribution is 2.38. The molecule has 0 saturated carbocycles. The molecule has 0 spiro atoms. The van der Waals surface area contributed by atoms with E-state index in [1.165, 1.54) is 10.4 Å². The maximum atomic E-state index is 12.4. The lowest BCUT2D eigenvalue weighted by Gasteiger charge is -2.21. The minimum atomic E-state index is -3.68. The number of carboxylic acids is 1. The molecule has 0 radical (unpaired) electrons. The van der Waals surface area contributed by atoms with Gasteiger partial charge in [-0.3, -0.25) is 4.79 Å². The van der Waals surface area contributed by atoms with E-state index >= 15 is 0 Å². The number of carboxylic acid groups (broad SMARTS) is 1. The Morgan fingerprint density at radius 3 is 2.68 bits per heavy atom. The molecule has 5 nitrogen and oxygen atoms in total. The third-order valence-corrected chi connectivity index (χ3v) is 8.11. The molecule has 1 fully saturated rings. The molecule has 2 atom stereocenters.